The van der Waals surface area contributed by atoms with Crippen molar-refractivity contribution < 1.29 is 21.9 Å². The maximum absolute atomic E-state index is 11.1. The number of rotatable bonds is 2. The molecule has 14 heavy (non-hydrogen) atoms. The number of aryl methyl sites for hydroxylation is 1. The molecule has 0 aliphatic rings. The molecule has 0 atom stereocenters. The van der Waals surface area contributed by atoms with Crippen molar-refractivity contribution in [2.75, 3.05) is 0 Å². The van der Waals surface area contributed by atoms with Crippen LogP contribution in [0.5, 0.6) is 0 Å². The summed E-state index contributed by atoms with van der Waals surface area (Å²) in [6, 6.07) is 6.29. The summed E-state index contributed by atoms with van der Waals surface area (Å²) >= 11 is 0. The van der Waals surface area contributed by atoms with E-state index in [4.69, 9.17) is 4.55 Å². The molecule has 5 nitrogen and oxygen atoms in total. The lowest BCUT2D eigenvalue weighted by molar-refractivity contribution is 0.0726. The number of benzene rings is 1. The van der Waals surface area contributed by atoms with Gasteiger partial charge in [-0.1, -0.05) is 18.2 Å². The standard InChI is InChI=1S/C8H8O5S/c1-6-4-2-3-5-7(6)8(9)13-14(10,11)12/h2-5H,1H3,(H,10,11,12). The van der Waals surface area contributed by atoms with Crippen LogP contribution in [0.25, 0.3) is 0 Å². The zero-order valence-electron chi connectivity index (χ0n) is 7.30. The van der Waals surface area contributed by atoms with Crippen LogP contribution in [0.1, 0.15) is 15.9 Å². The van der Waals surface area contributed by atoms with Gasteiger partial charge in [0.15, 0.2) is 0 Å². The molecule has 6 heteroatoms. The lowest BCUT2D eigenvalue weighted by Crippen LogP contribution is -2.12. The highest BCUT2D eigenvalue weighted by Gasteiger charge is 2.16. The average molecular weight is 216 g/mol. The molecule has 0 unspecified atom stereocenters. The van der Waals surface area contributed by atoms with Gasteiger partial charge in [0.05, 0.1) is 5.56 Å². The molecule has 0 aliphatic heterocycles. The van der Waals surface area contributed by atoms with Crippen molar-refractivity contribution in [1.29, 1.82) is 0 Å². The molecule has 0 fully saturated rings. The third kappa shape index (κ3) is 2.82. The molecule has 1 rings (SSSR count). The van der Waals surface area contributed by atoms with Crippen LogP contribution in [-0.4, -0.2) is 18.9 Å². The minimum atomic E-state index is -4.74. The maximum Gasteiger partial charge on any atom is 0.449 e. The molecular weight excluding hydrogens is 208 g/mol. The van der Waals surface area contributed by atoms with Gasteiger partial charge < -0.3 is 4.18 Å². The first kappa shape index (κ1) is 10.7. The molecule has 1 aromatic rings. The summed E-state index contributed by atoms with van der Waals surface area (Å²) in [4.78, 5) is 11.1. The average Bonchev–Trinajstić information content (AvgIpc) is 2.01. The van der Waals surface area contributed by atoms with E-state index >= 15 is 0 Å². The predicted octanol–water partition coefficient (Wildman–Crippen LogP) is 0.955. The van der Waals surface area contributed by atoms with Crippen molar-refractivity contribution in [2.24, 2.45) is 0 Å². The van der Waals surface area contributed by atoms with Crippen molar-refractivity contribution in [3.63, 3.8) is 0 Å². The molecule has 76 valence electrons. The Morgan fingerprint density at radius 2 is 1.93 bits per heavy atom. The summed E-state index contributed by atoms with van der Waals surface area (Å²) in [5, 5.41) is 0. The fourth-order valence-electron chi connectivity index (χ4n) is 0.942. The van der Waals surface area contributed by atoms with Crippen LogP contribution in [0.4, 0.5) is 0 Å². The van der Waals surface area contributed by atoms with Crippen LogP contribution >= 0.6 is 0 Å². The van der Waals surface area contributed by atoms with E-state index < -0.39 is 16.4 Å². The minimum absolute atomic E-state index is 0.102. The Morgan fingerprint density at radius 3 is 2.43 bits per heavy atom. The van der Waals surface area contributed by atoms with Crippen LogP contribution < -0.4 is 0 Å². The molecule has 0 aliphatic carbocycles. The van der Waals surface area contributed by atoms with Gasteiger partial charge in [0.25, 0.3) is 0 Å². The van der Waals surface area contributed by atoms with E-state index in [0.717, 1.165) is 0 Å². The zero-order chi connectivity index (χ0) is 10.8. The Morgan fingerprint density at radius 1 is 1.36 bits per heavy atom. The third-order valence-electron chi connectivity index (χ3n) is 1.55. The highest BCUT2D eigenvalue weighted by atomic mass is 32.3. The molecule has 0 radical (unpaired) electrons. The molecule has 0 spiro atoms. The normalized spacial score (nSPS) is 11.0. The summed E-state index contributed by atoms with van der Waals surface area (Å²) in [5.41, 5.74) is 0.672. The summed E-state index contributed by atoms with van der Waals surface area (Å²) in [6.07, 6.45) is 0. The molecule has 0 amide bonds. The van der Waals surface area contributed by atoms with Gasteiger partial charge in [0.2, 0.25) is 0 Å². The Balaban J connectivity index is 2.97. The van der Waals surface area contributed by atoms with Crippen LogP contribution in [-0.2, 0) is 14.6 Å². The molecule has 0 saturated carbocycles. The molecular formula is C8H8O5S. The Kier molecular flexibility index (Phi) is 2.87. The summed E-state index contributed by atoms with van der Waals surface area (Å²) in [6.45, 7) is 1.63. The van der Waals surface area contributed by atoms with Gasteiger partial charge in [-0.05, 0) is 18.6 Å². The monoisotopic (exact) mass is 216 g/mol. The van der Waals surface area contributed by atoms with Crippen LogP contribution in [0, 0.1) is 6.92 Å². The van der Waals surface area contributed by atoms with Gasteiger partial charge in [-0.15, -0.1) is 0 Å². The zero-order valence-corrected chi connectivity index (χ0v) is 8.11. The fraction of sp³-hybridized carbons (Fsp3) is 0.125. The van der Waals surface area contributed by atoms with Gasteiger partial charge >= 0.3 is 16.4 Å². The van der Waals surface area contributed by atoms with Gasteiger partial charge in [0, 0.05) is 0 Å². The largest absolute Gasteiger partial charge is 0.449 e. The Labute approximate surface area is 81.3 Å². The van der Waals surface area contributed by atoms with E-state index in [0.29, 0.717) is 5.56 Å². The topological polar surface area (TPSA) is 80.7 Å². The van der Waals surface area contributed by atoms with Gasteiger partial charge in [0.1, 0.15) is 0 Å². The third-order valence-corrected chi connectivity index (χ3v) is 1.91. The van der Waals surface area contributed by atoms with Gasteiger partial charge in [-0.2, -0.15) is 8.42 Å². The number of carbonyl (C=O) groups excluding carboxylic acids is 1. The predicted molar refractivity (Wildman–Crippen MR) is 48.1 cm³/mol. The van der Waals surface area contributed by atoms with E-state index in [-0.39, 0.29) is 5.56 Å². The minimum Gasteiger partial charge on any atom is -0.320 e. The Hall–Kier alpha value is -1.40. The van der Waals surface area contributed by atoms with Gasteiger partial charge in [-0.3, -0.25) is 4.55 Å². The highest BCUT2D eigenvalue weighted by molar-refractivity contribution is 7.81. The number of hydrogen-bond acceptors (Lipinski definition) is 4. The van der Waals surface area contributed by atoms with Crippen molar-refractivity contribution >= 4 is 16.4 Å². The molecule has 0 saturated heterocycles. The summed E-state index contributed by atoms with van der Waals surface area (Å²) < 4.78 is 32.5. The van der Waals surface area contributed by atoms with E-state index in [1.54, 1.807) is 25.1 Å². The highest BCUT2D eigenvalue weighted by Crippen LogP contribution is 2.09. The first-order chi connectivity index (χ1) is 6.40. The van der Waals surface area contributed by atoms with E-state index in [9.17, 15) is 13.2 Å². The van der Waals surface area contributed by atoms with Crippen molar-refractivity contribution in [1.82, 2.24) is 0 Å². The lowest BCUT2D eigenvalue weighted by Gasteiger charge is -2.02. The molecule has 0 heterocycles. The summed E-state index contributed by atoms with van der Waals surface area (Å²) in [7, 11) is -4.74. The van der Waals surface area contributed by atoms with E-state index in [2.05, 4.69) is 4.18 Å². The second kappa shape index (κ2) is 3.77. The lowest BCUT2D eigenvalue weighted by atomic mass is 10.1. The second-order valence-corrected chi connectivity index (χ2v) is 3.64. The van der Waals surface area contributed by atoms with Crippen molar-refractivity contribution in [3.8, 4) is 0 Å². The Bertz CT molecular complexity index is 449. The number of hydrogen-bond donors (Lipinski definition) is 1. The number of carbonyl (C=O) groups is 1. The molecule has 0 bridgehead atoms. The molecule has 1 N–H and O–H groups in total. The first-order valence-electron chi connectivity index (χ1n) is 3.67. The SMILES string of the molecule is Cc1ccccc1C(=O)OS(=O)(=O)O. The van der Waals surface area contributed by atoms with Crippen molar-refractivity contribution in [3.05, 3.63) is 35.4 Å². The first-order valence-corrected chi connectivity index (χ1v) is 5.03. The van der Waals surface area contributed by atoms with Crippen LogP contribution in [0.2, 0.25) is 0 Å². The quantitative estimate of drug-likeness (QED) is 0.744. The maximum atomic E-state index is 11.1. The van der Waals surface area contributed by atoms with E-state index in [1.807, 2.05) is 0 Å². The second-order valence-electron chi connectivity index (χ2n) is 2.61. The van der Waals surface area contributed by atoms with Crippen LogP contribution in [0.3, 0.4) is 0 Å². The fourth-order valence-corrected chi connectivity index (χ4v) is 1.22. The van der Waals surface area contributed by atoms with Crippen LogP contribution in [0.15, 0.2) is 24.3 Å². The summed E-state index contributed by atoms with van der Waals surface area (Å²) in [5.74, 6) is -1.09. The smallest absolute Gasteiger partial charge is 0.320 e. The van der Waals surface area contributed by atoms with Gasteiger partial charge in [-0.25, -0.2) is 4.79 Å². The molecule has 1 aromatic carbocycles. The molecule has 0 aromatic heterocycles. The van der Waals surface area contributed by atoms with E-state index in [1.165, 1.54) is 6.07 Å². The van der Waals surface area contributed by atoms with Crippen molar-refractivity contribution in [2.45, 2.75) is 6.92 Å².